The molecule has 11 heteroatoms. The first-order valence-corrected chi connectivity index (χ1v) is 10.8. The second-order valence-corrected chi connectivity index (χ2v) is 8.44. The second kappa shape index (κ2) is 7.76. The first-order chi connectivity index (χ1) is 14.8. The lowest BCUT2D eigenvalue weighted by Gasteiger charge is -2.11. The Morgan fingerprint density at radius 2 is 1.97 bits per heavy atom. The molecule has 0 spiro atoms. The van der Waals surface area contributed by atoms with Gasteiger partial charge >= 0.3 is 5.69 Å². The molecule has 2 N–H and O–H groups in total. The van der Waals surface area contributed by atoms with Gasteiger partial charge in [-0.2, -0.15) is 0 Å². The molecule has 0 radical (unpaired) electrons. The molecule has 0 unspecified atom stereocenters. The van der Waals surface area contributed by atoms with Crippen LogP contribution in [0.2, 0.25) is 0 Å². The van der Waals surface area contributed by atoms with Gasteiger partial charge in [-0.05, 0) is 24.6 Å². The fraction of sp³-hybridized carbons (Fsp3) is 0.150. The summed E-state index contributed by atoms with van der Waals surface area (Å²) in [5.41, 5.74) is -1.32. The van der Waals surface area contributed by atoms with Crippen LogP contribution in [-0.2, 0) is 16.6 Å². The van der Waals surface area contributed by atoms with Gasteiger partial charge in [-0.25, -0.2) is 22.9 Å². The molecule has 3 heterocycles. The number of aromatic nitrogens is 4. The topological polar surface area (TPSA) is 144 Å². The van der Waals surface area contributed by atoms with Crippen molar-refractivity contribution in [3.63, 3.8) is 0 Å². The van der Waals surface area contributed by atoms with Gasteiger partial charge < -0.3 is 0 Å². The number of amides is 1. The number of fused-ring (bicyclic) bond motifs is 2. The number of nitrogens with one attached hydrogen (secondary N) is 2. The summed E-state index contributed by atoms with van der Waals surface area (Å²) >= 11 is 0. The number of rotatable bonds is 5. The standard InChI is InChI=1S/C20H17N5O5S/c1-2-8-25-17-15(19(27)23-20(25)28)9-13(11-22-17)18(26)24-31(29,30)16-5-3-4-12-10-21-7-6-14(12)16/h3-7,9-11H,2,8H2,1H3,(H,24,26)(H,23,27,28). The molecule has 0 saturated heterocycles. The lowest BCUT2D eigenvalue weighted by atomic mass is 10.2. The number of hydrogen-bond donors (Lipinski definition) is 2. The minimum atomic E-state index is -4.22. The molecule has 1 aromatic carbocycles. The van der Waals surface area contributed by atoms with Crippen LogP contribution in [0.1, 0.15) is 23.7 Å². The van der Waals surface area contributed by atoms with E-state index in [4.69, 9.17) is 0 Å². The maximum atomic E-state index is 12.9. The van der Waals surface area contributed by atoms with E-state index in [0.717, 1.165) is 6.20 Å². The third-order valence-electron chi connectivity index (χ3n) is 4.70. The minimum Gasteiger partial charge on any atom is -0.278 e. The molecule has 0 aliphatic heterocycles. The molecule has 158 valence electrons. The Bertz CT molecular complexity index is 1550. The Morgan fingerprint density at radius 1 is 1.16 bits per heavy atom. The number of aromatic amines is 1. The van der Waals surface area contributed by atoms with Crippen molar-refractivity contribution in [1.29, 1.82) is 0 Å². The highest BCUT2D eigenvalue weighted by Gasteiger charge is 2.22. The SMILES string of the molecule is CCCn1c(=O)[nH]c(=O)c2cc(C(=O)NS(=O)(=O)c3cccc4cnccc34)cnc21. The Morgan fingerprint density at radius 3 is 2.74 bits per heavy atom. The van der Waals surface area contributed by atoms with Gasteiger partial charge in [0.15, 0.2) is 0 Å². The van der Waals surface area contributed by atoms with E-state index in [1.165, 1.54) is 29.1 Å². The molecule has 31 heavy (non-hydrogen) atoms. The van der Waals surface area contributed by atoms with Crippen LogP contribution < -0.4 is 16.0 Å². The number of pyridine rings is 2. The molecule has 0 saturated carbocycles. The Balaban J connectivity index is 1.74. The molecule has 3 aromatic heterocycles. The lowest BCUT2D eigenvalue weighted by Crippen LogP contribution is -2.33. The quantitative estimate of drug-likeness (QED) is 0.475. The Kier molecular flexibility index (Phi) is 5.11. The van der Waals surface area contributed by atoms with Crippen LogP contribution in [0, 0.1) is 0 Å². The molecule has 0 atom stereocenters. The van der Waals surface area contributed by atoms with Gasteiger partial charge in [0, 0.05) is 35.9 Å². The van der Waals surface area contributed by atoms with Crippen molar-refractivity contribution in [3.8, 4) is 0 Å². The van der Waals surface area contributed by atoms with Crippen molar-refractivity contribution in [3.05, 3.63) is 75.3 Å². The van der Waals surface area contributed by atoms with E-state index in [1.54, 1.807) is 18.2 Å². The molecule has 0 aliphatic carbocycles. The summed E-state index contributed by atoms with van der Waals surface area (Å²) in [5.74, 6) is -0.951. The number of H-pyrrole nitrogens is 1. The average molecular weight is 439 g/mol. The number of aryl methyl sites for hydroxylation is 1. The van der Waals surface area contributed by atoms with Crippen LogP contribution in [0.3, 0.4) is 0 Å². The van der Waals surface area contributed by atoms with Crippen LogP contribution in [0.5, 0.6) is 0 Å². The van der Waals surface area contributed by atoms with E-state index in [-0.39, 0.29) is 21.5 Å². The van der Waals surface area contributed by atoms with Crippen molar-refractivity contribution < 1.29 is 13.2 Å². The van der Waals surface area contributed by atoms with Gasteiger partial charge in [0.25, 0.3) is 21.5 Å². The van der Waals surface area contributed by atoms with Crippen LogP contribution in [-0.4, -0.2) is 33.8 Å². The minimum absolute atomic E-state index is 0.00864. The second-order valence-electron chi connectivity index (χ2n) is 6.79. The zero-order chi connectivity index (χ0) is 22.2. The average Bonchev–Trinajstić information content (AvgIpc) is 2.75. The van der Waals surface area contributed by atoms with Crippen molar-refractivity contribution >= 4 is 37.7 Å². The summed E-state index contributed by atoms with van der Waals surface area (Å²) in [7, 11) is -4.22. The van der Waals surface area contributed by atoms with Crippen LogP contribution in [0.25, 0.3) is 21.8 Å². The first-order valence-electron chi connectivity index (χ1n) is 9.34. The molecule has 4 rings (SSSR count). The monoisotopic (exact) mass is 439 g/mol. The summed E-state index contributed by atoms with van der Waals surface area (Å²) in [6.07, 6.45) is 4.74. The van der Waals surface area contributed by atoms with Crippen molar-refractivity contribution in [2.75, 3.05) is 0 Å². The largest absolute Gasteiger partial charge is 0.329 e. The number of sulfonamides is 1. The van der Waals surface area contributed by atoms with Gasteiger partial charge in [0.2, 0.25) is 0 Å². The maximum Gasteiger partial charge on any atom is 0.329 e. The molecule has 10 nitrogen and oxygen atoms in total. The molecular weight excluding hydrogens is 422 g/mol. The fourth-order valence-electron chi connectivity index (χ4n) is 3.29. The predicted octanol–water partition coefficient (Wildman–Crippen LogP) is 1.16. The van der Waals surface area contributed by atoms with Gasteiger partial charge in [-0.3, -0.25) is 24.1 Å². The molecule has 0 fully saturated rings. The molecular formula is C20H17N5O5S. The number of benzene rings is 1. The van der Waals surface area contributed by atoms with Gasteiger partial charge in [0.1, 0.15) is 5.65 Å². The van der Waals surface area contributed by atoms with E-state index in [1.807, 2.05) is 11.6 Å². The van der Waals surface area contributed by atoms with Crippen molar-refractivity contribution in [2.24, 2.45) is 0 Å². The van der Waals surface area contributed by atoms with E-state index in [2.05, 4.69) is 15.0 Å². The third-order valence-corrected chi connectivity index (χ3v) is 6.09. The molecule has 0 aliphatic rings. The predicted molar refractivity (Wildman–Crippen MR) is 113 cm³/mol. The summed E-state index contributed by atoms with van der Waals surface area (Å²) in [4.78, 5) is 47.1. The highest BCUT2D eigenvalue weighted by atomic mass is 32.2. The lowest BCUT2D eigenvalue weighted by molar-refractivity contribution is 0.0981. The van der Waals surface area contributed by atoms with Crippen molar-refractivity contribution in [1.82, 2.24) is 24.2 Å². The van der Waals surface area contributed by atoms with E-state index in [0.29, 0.717) is 23.7 Å². The van der Waals surface area contributed by atoms with Gasteiger partial charge in [-0.1, -0.05) is 19.1 Å². The number of hydrogen-bond acceptors (Lipinski definition) is 7. The third kappa shape index (κ3) is 3.70. The van der Waals surface area contributed by atoms with E-state index >= 15 is 0 Å². The molecule has 1 amide bonds. The Labute approximate surface area is 175 Å². The molecule has 4 aromatic rings. The summed E-state index contributed by atoms with van der Waals surface area (Å²) < 4.78 is 29.0. The zero-order valence-electron chi connectivity index (χ0n) is 16.3. The fourth-order valence-corrected chi connectivity index (χ4v) is 4.49. The van der Waals surface area contributed by atoms with E-state index in [9.17, 15) is 22.8 Å². The normalized spacial score (nSPS) is 11.6. The van der Waals surface area contributed by atoms with Crippen LogP contribution in [0.4, 0.5) is 0 Å². The molecule has 0 bridgehead atoms. The summed E-state index contributed by atoms with van der Waals surface area (Å²) in [6.45, 7) is 2.19. The number of nitrogens with zero attached hydrogens (tertiary/aromatic N) is 3. The zero-order valence-corrected chi connectivity index (χ0v) is 17.1. The number of carbonyl (C=O) groups excluding carboxylic acids is 1. The van der Waals surface area contributed by atoms with Crippen LogP contribution in [0.15, 0.2) is 63.4 Å². The summed E-state index contributed by atoms with van der Waals surface area (Å²) in [6, 6.07) is 7.39. The van der Waals surface area contributed by atoms with Crippen molar-refractivity contribution in [2.45, 2.75) is 24.8 Å². The highest BCUT2D eigenvalue weighted by Crippen LogP contribution is 2.22. The van der Waals surface area contributed by atoms with Gasteiger partial charge in [0.05, 0.1) is 15.8 Å². The first kappa shape index (κ1) is 20.4. The summed E-state index contributed by atoms with van der Waals surface area (Å²) in [5, 5.41) is 1.02. The Hall–Kier alpha value is -3.86. The van der Waals surface area contributed by atoms with E-state index < -0.39 is 27.2 Å². The maximum absolute atomic E-state index is 12.9. The number of carbonyl (C=O) groups is 1. The van der Waals surface area contributed by atoms with Gasteiger partial charge in [-0.15, -0.1) is 0 Å². The smallest absolute Gasteiger partial charge is 0.278 e. The highest BCUT2D eigenvalue weighted by molar-refractivity contribution is 7.90. The van der Waals surface area contributed by atoms with Crippen LogP contribution >= 0.6 is 0 Å².